The number of nitrogens with two attached hydrogens (primary N) is 1. The van der Waals surface area contributed by atoms with Gasteiger partial charge in [-0.05, 0) is 37.1 Å². The molecule has 0 radical (unpaired) electrons. The van der Waals surface area contributed by atoms with E-state index in [0.717, 1.165) is 15.7 Å². The van der Waals surface area contributed by atoms with Crippen LogP contribution in [0.4, 0.5) is 5.69 Å². The largest absolute Gasteiger partial charge is 0.377 e. The summed E-state index contributed by atoms with van der Waals surface area (Å²) in [5.74, 6) is 0. The lowest BCUT2D eigenvalue weighted by Crippen LogP contribution is -2.20. The average molecular weight is 323 g/mol. The van der Waals surface area contributed by atoms with Crippen molar-refractivity contribution in [1.82, 2.24) is 9.78 Å². The lowest BCUT2D eigenvalue weighted by molar-refractivity contribution is 0.759. The Morgan fingerprint density at radius 1 is 1.37 bits per heavy atom. The number of benzene rings is 1. The highest BCUT2D eigenvalue weighted by Gasteiger charge is 2.12. The van der Waals surface area contributed by atoms with Crippen LogP contribution in [0.15, 0.2) is 29.0 Å². The number of rotatable bonds is 4. The molecule has 5 heteroatoms. The Morgan fingerprint density at radius 3 is 2.47 bits per heavy atom. The molecule has 1 atom stereocenters. The van der Waals surface area contributed by atoms with Gasteiger partial charge in [-0.3, -0.25) is 4.68 Å². The van der Waals surface area contributed by atoms with Crippen LogP contribution in [0.1, 0.15) is 22.7 Å². The highest BCUT2D eigenvalue weighted by atomic mass is 79.9. The SMILES string of the molecule is Cc1cc(NC(CN)c2cnn(C)c2)cc(C)c1Br. The lowest BCUT2D eigenvalue weighted by atomic mass is 10.1. The predicted molar refractivity (Wildman–Crippen MR) is 82.2 cm³/mol. The summed E-state index contributed by atoms with van der Waals surface area (Å²) < 4.78 is 2.95. The number of aromatic nitrogens is 2. The van der Waals surface area contributed by atoms with Crippen LogP contribution in [-0.2, 0) is 7.05 Å². The molecule has 0 saturated heterocycles. The summed E-state index contributed by atoms with van der Waals surface area (Å²) in [7, 11) is 1.91. The first-order valence-electron chi connectivity index (χ1n) is 6.23. The second kappa shape index (κ2) is 5.75. The fraction of sp³-hybridized carbons (Fsp3) is 0.357. The first-order valence-corrected chi connectivity index (χ1v) is 7.02. The smallest absolute Gasteiger partial charge is 0.0667 e. The van der Waals surface area contributed by atoms with E-state index in [1.807, 2.05) is 19.4 Å². The molecule has 0 spiro atoms. The summed E-state index contributed by atoms with van der Waals surface area (Å²) in [6.07, 6.45) is 3.84. The van der Waals surface area contributed by atoms with Crippen LogP contribution in [0.25, 0.3) is 0 Å². The molecule has 0 aliphatic rings. The molecular formula is C14H19BrN4. The van der Waals surface area contributed by atoms with Crippen molar-refractivity contribution in [3.8, 4) is 0 Å². The molecule has 0 bridgehead atoms. The molecule has 1 aromatic carbocycles. The molecule has 0 aliphatic carbocycles. The van der Waals surface area contributed by atoms with Gasteiger partial charge < -0.3 is 11.1 Å². The van der Waals surface area contributed by atoms with Crippen molar-refractivity contribution in [2.24, 2.45) is 12.8 Å². The molecule has 0 amide bonds. The van der Waals surface area contributed by atoms with Crippen LogP contribution in [-0.4, -0.2) is 16.3 Å². The normalized spacial score (nSPS) is 12.5. The first kappa shape index (κ1) is 14.1. The van der Waals surface area contributed by atoms with Gasteiger partial charge in [0, 0.05) is 35.5 Å². The van der Waals surface area contributed by atoms with Crippen molar-refractivity contribution in [3.05, 3.63) is 45.7 Å². The highest BCUT2D eigenvalue weighted by molar-refractivity contribution is 9.10. The molecular weight excluding hydrogens is 304 g/mol. The average Bonchev–Trinajstić information content (AvgIpc) is 2.79. The van der Waals surface area contributed by atoms with Crippen LogP contribution in [0.5, 0.6) is 0 Å². The Labute approximate surface area is 122 Å². The first-order chi connectivity index (χ1) is 9.01. The minimum Gasteiger partial charge on any atom is -0.377 e. The third kappa shape index (κ3) is 3.16. The van der Waals surface area contributed by atoms with E-state index in [9.17, 15) is 0 Å². The number of anilines is 1. The summed E-state index contributed by atoms with van der Waals surface area (Å²) in [6, 6.07) is 4.32. The molecule has 2 rings (SSSR count). The zero-order valence-electron chi connectivity index (χ0n) is 11.4. The van der Waals surface area contributed by atoms with Gasteiger partial charge >= 0.3 is 0 Å². The van der Waals surface area contributed by atoms with Crippen molar-refractivity contribution in [2.75, 3.05) is 11.9 Å². The number of halogens is 1. The third-order valence-corrected chi connectivity index (χ3v) is 4.39. The third-order valence-electron chi connectivity index (χ3n) is 3.14. The van der Waals surface area contributed by atoms with Gasteiger partial charge in [-0.15, -0.1) is 0 Å². The maximum Gasteiger partial charge on any atom is 0.0667 e. The molecule has 1 unspecified atom stereocenters. The molecule has 0 aliphatic heterocycles. The van der Waals surface area contributed by atoms with Crippen molar-refractivity contribution in [1.29, 1.82) is 0 Å². The molecule has 19 heavy (non-hydrogen) atoms. The van der Waals surface area contributed by atoms with E-state index in [1.54, 1.807) is 4.68 Å². The number of hydrogen-bond acceptors (Lipinski definition) is 3. The Kier molecular flexibility index (Phi) is 4.27. The molecule has 1 aromatic heterocycles. The summed E-state index contributed by atoms with van der Waals surface area (Å²) in [4.78, 5) is 0. The van der Waals surface area contributed by atoms with E-state index < -0.39 is 0 Å². The van der Waals surface area contributed by atoms with Gasteiger partial charge in [0.1, 0.15) is 0 Å². The fourth-order valence-corrected chi connectivity index (χ4v) is 2.36. The zero-order chi connectivity index (χ0) is 14.0. The zero-order valence-corrected chi connectivity index (χ0v) is 13.0. The second-order valence-electron chi connectivity index (χ2n) is 4.80. The van der Waals surface area contributed by atoms with E-state index in [4.69, 9.17) is 5.73 Å². The lowest BCUT2D eigenvalue weighted by Gasteiger charge is -2.18. The van der Waals surface area contributed by atoms with Gasteiger partial charge in [0.2, 0.25) is 0 Å². The topological polar surface area (TPSA) is 55.9 Å². The van der Waals surface area contributed by atoms with Gasteiger partial charge in [0.25, 0.3) is 0 Å². The Balaban J connectivity index is 2.23. The van der Waals surface area contributed by atoms with Crippen LogP contribution in [0, 0.1) is 13.8 Å². The van der Waals surface area contributed by atoms with Crippen molar-refractivity contribution in [2.45, 2.75) is 19.9 Å². The van der Waals surface area contributed by atoms with Gasteiger partial charge in [-0.25, -0.2) is 0 Å². The van der Waals surface area contributed by atoms with Crippen LogP contribution in [0.2, 0.25) is 0 Å². The summed E-state index contributed by atoms with van der Waals surface area (Å²) in [5.41, 5.74) is 10.5. The molecule has 4 nitrogen and oxygen atoms in total. The van der Waals surface area contributed by atoms with E-state index in [0.29, 0.717) is 6.54 Å². The van der Waals surface area contributed by atoms with E-state index in [2.05, 4.69) is 52.3 Å². The van der Waals surface area contributed by atoms with Crippen LogP contribution in [0.3, 0.4) is 0 Å². The van der Waals surface area contributed by atoms with Gasteiger partial charge in [0.05, 0.1) is 12.2 Å². The van der Waals surface area contributed by atoms with E-state index in [-0.39, 0.29) is 6.04 Å². The number of aryl methyl sites for hydroxylation is 3. The summed E-state index contributed by atoms with van der Waals surface area (Å²) in [5, 5.41) is 7.66. The van der Waals surface area contributed by atoms with Gasteiger partial charge in [-0.2, -0.15) is 5.10 Å². The molecule has 2 aromatic rings. The van der Waals surface area contributed by atoms with E-state index in [1.165, 1.54) is 11.1 Å². The van der Waals surface area contributed by atoms with Crippen molar-refractivity contribution >= 4 is 21.6 Å². The molecule has 1 heterocycles. The standard InChI is InChI=1S/C14H19BrN4/c1-9-4-12(5-10(2)14(9)15)18-13(6-16)11-7-17-19(3)8-11/h4-5,7-8,13,18H,6,16H2,1-3H3. The fourth-order valence-electron chi connectivity index (χ4n) is 2.13. The molecule has 0 fully saturated rings. The molecule has 102 valence electrons. The molecule has 0 saturated carbocycles. The van der Waals surface area contributed by atoms with Crippen molar-refractivity contribution in [3.63, 3.8) is 0 Å². The number of nitrogens with one attached hydrogen (secondary N) is 1. The Morgan fingerprint density at radius 2 is 2.00 bits per heavy atom. The second-order valence-corrected chi connectivity index (χ2v) is 5.60. The Bertz CT molecular complexity index is 554. The van der Waals surface area contributed by atoms with Crippen LogP contribution >= 0.6 is 15.9 Å². The Hall–Kier alpha value is -1.33. The van der Waals surface area contributed by atoms with Crippen molar-refractivity contribution < 1.29 is 0 Å². The van der Waals surface area contributed by atoms with E-state index >= 15 is 0 Å². The minimum atomic E-state index is 0.0775. The number of hydrogen-bond donors (Lipinski definition) is 2. The highest BCUT2D eigenvalue weighted by Crippen LogP contribution is 2.27. The van der Waals surface area contributed by atoms with Crippen LogP contribution < -0.4 is 11.1 Å². The predicted octanol–water partition coefficient (Wildman–Crippen LogP) is 2.91. The molecule has 3 N–H and O–H groups in total. The maximum absolute atomic E-state index is 5.86. The summed E-state index contributed by atoms with van der Waals surface area (Å²) in [6.45, 7) is 4.70. The van der Waals surface area contributed by atoms with Gasteiger partial charge in [-0.1, -0.05) is 15.9 Å². The monoisotopic (exact) mass is 322 g/mol. The number of nitrogens with zero attached hydrogens (tertiary/aromatic N) is 2. The summed E-state index contributed by atoms with van der Waals surface area (Å²) >= 11 is 3.58. The quantitative estimate of drug-likeness (QED) is 0.910. The van der Waals surface area contributed by atoms with Gasteiger partial charge in [0.15, 0.2) is 0 Å². The maximum atomic E-state index is 5.86. The minimum absolute atomic E-state index is 0.0775.